The lowest BCUT2D eigenvalue weighted by Crippen LogP contribution is -2.12. The van der Waals surface area contributed by atoms with Crippen molar-refractivity contribution in [3.05, 3.63) is 46.5 Å². The highest BCUT2D eigenvalue weighted by atomic mass is 16.6. The van der Waals surface area contributed by atoms with Gasteiger partial charge in [0.15, 0.2) is 0 Å². The van der Waals surface area contributed by atoms with Crippen LogP contribution in [0.5, 0.6) is 0 Å². The lowest BCUT2D eigenvalue weighted by Gasteiger charge is -2.06. The summed E-state index contributed by atoms with van der Waals surface area (Å²) in [5.74, 6) is 5.66. The molecule has 88 valence electrons. The molecule has 17 heavy (non-hydrogen) atoms. The molecule has 0 atom stereocenters. The van der Waals surface area contributed by atoms with Gasteiger partial charge in [-0.1, -0.05) is 6.07 Å². The van der Waals surface area contributed by atoms with Gasteiger partial charge in [-0.2, -0.15) is 0 Å². The van der Waals surface area contributed by atoms with E-state index in [-0.39, 0.29) is 5.82 Å². The topological polar surface area (TPSA) is 112 Å². The predicted octanol–water partition coefficient (Wildman–Crippen LogP) is 0.520. The highest BCUT2D eigenvalue weighted by Gasteiger charge is 2.11. The maximum atomic E-state index is 10.5. The van der Waals surface area contributed by atoms with E-state index in [0.29, 0.717) is 12.4 Å². The van der Waals surface area contributed by atoms with Crippen LogP contribution in [0.25, 0.3) is 0 Å². The van der Waals surface area contributed by atoms with Crippen LogP contribution in [0, 0.1) is 10.1 Å². The Morgan fingerprint density at radius 1 is 1.53 bits per heavy atom. The van der Waals surface area contributed by atoms with Crippen molar-refractivity contribution in [3.8, 4) is 0 Å². The molecule has 2 aromatic heterocycles. The zero-order valence-corrected chi connectivity index (χ0v) is 8.78. The van der Waals surface area contributed by atoms with Crippen molar-refractivity contribution in [2.75, 3.05) is 5.43 Å². The number of anilines is 1. The number of nitrogens with two attached hydrogens (primary N) is 1. The Morgan fingerprint density at radius 2 is 2.35 bits per heavy atom. The highest BCUT2D eigenvalue weighted by molar-refractivity contribution is 5.42. The summed E-state index contributed by atoms with van der Waals surface area (Å²) in [6.45, 7) is 0.411. The molecule has 0 aliphatic rings. The van der Waals surface area contributed by atoms with E-state index in [0.717, 1.165) is 5.56 Å². The first-order valence-electron chi connectivity index (χ1n) is 4.77. The van der Waals surface area contributed by atoms with Crippen molar-refractivity contribution < 1.29 is 4.92 Å². The minimum Gasteiger partial charge on any atom is -0.358 e. The number of hydrogen-bond donors (Lipinski definition) is 2. The fourth-order valence-corrected chi connectivity index (χ4v) is 1.42. The standard InChI is InChI=1S/C9H10N6O2/c10-13-9-7(2-1-3-11-9)4-14-5-8(12-6-14)15(16)17/h1-3,5-6H,4,10H2,(H,11,13). The second kappa shape index (κ2) is 4.58. The van der Waals surface area contributed by atoms with Gasteiger partial charge in [0.25, 0.3) is 0 Å². The zero-order valence-electron chi connectivity index (χ0n) is 8.78. The molecule has 0 saturated carbocycles. The van der Waals surface area contributed by atoms with E-state index in [1.807, 2.05) is 6.07 Å². The van der Waals surface area contributed by atoms with E-state index in [1.54, 1.807) is 16.8 Å². The Labute approximate surface area is 96.2 Å². The van der Waals surface area contributed by atoms with Gasteiger partial charge in [-0.25, -0.2) is 10.8 Å². The number of nitrogens with zero attached hydrogens (tertiary/aromatic N) is 4. The van der Waals surface area contributed by atoms with Crippen molar-refractivity contribution in [3.63, 3.8) is 0 Å². The van der Waals surface area contributed by atoms with E-state index in [1.165, 1.54) is 12.5 Å². The lowest BCUT2D eigenvalue weighted by atomic mass is 10.2. The van der Waals surface area contributed by atoms with Gasteiger partial charge in [-0.15, -0.1) is 0 Å². The number of nitro groups is 1. The van der Waals surface area contributed by atoms with E-state index >= 15 is 0 Å². The number of rotatable bonds is 4. The number of imidazole rings is 1. The number of hydrogen-bond acceptors (Lipinski definition) is 6. The molecule has 0 amide bonds. The lowest BCUT2D eigenvalue weighted by molar-refractivity contribution is -0.389. The quantitative estimate of drug-likeness (QED) is 0.453. The number of nitrogens with one attached hydrogen (secondary N) is 1. The summed E-state index contributed by atoms with van der Waals surface area (Å²) in [7, 11) is 0. The second-order valence-electron chi connectivity index (χ2n) is 3.32. The molecular weight excluding hydrogens is 224 g/mol. The fourth-order valence-electron chi connectivity index (χ4n) is 1.42. The molecule has 0 aliphatic carbocycles. The highest BCUT2D eigenvalue weighted by Crippen LogP contribution is 2.13. The number of aromatic nitrogens is 3. The first-order valence-corrected chi connectivity index (χ1v) is 4.77. The Morgan fingerprint density at radius 3 is 3.00 bits per heavy atom. The van der Waals surface area contributed by atoms with Gasteiger partial charge < -0.3 is 20.1 Å². The van der Waals surface area contributed by atoms with Crippen LogP contribution in [0.15, 0.2) is 30.9 Å². The van der Waals surface area contributed by atoms with Gasteiger partial charge in [0.05, 0.1) is 6.54 Å². The van der Waals surface area contributed by atoms with Crippen LogP contribution in [0.3, 0.4) is 0 Å². The van der Waals surface area contributed by atoms with Crippen LogP contribution in [0.2, 0.25) is 0 Å². The van der Waals surface area contributed by atoms with Gasteiger partial charge >= 0.3 is 5.82 Å². The summed E-state index contributed by atoms with van der Waals surface area (Å²) in [6, 6.07) is 3.59. The van der Waals surface area contributed by atoms with Gasteiger partial charge in [0.1, 0.15) is 12.0 Å². The third kappa shape index (κ3) is 2.37. The molecule has 0 aliphatic heterocycles. The summed E-state index contributed by atoms with van der Waals surface area (Å²) in [6.07, 6.45) is 4.35. The van der Waals surface area contributed by atoms with Crippen molar-refractivity contribution in [1.82, 2.24) is 14.5 Å². The fraction of sp³-hybridized carbons (Fsp3) is 0.111. The molecular formula is C9H10N6O2. The summed E-state index contributed by atoms with van der Waals surface area (Å²) < 4.78 is 1.59. The minimum absolute atomic E-state index is 0.184. The molecule has 0 saturated heterocycles. The maximum Gasteiger partial charge on any atom is 0.381 e. The van der Waals surface area contributed by atoms with Crippen LogP contribution >= 0.6 is 0 Å². The van der Waals surface area contributed by atoms with E-state index in [4.69, 9.17) is 5.84 Å². The molecule has 0 spiro atoms. The molecule has 0 unspecified atom stereocenters. The van der Waals surface area contributed by atoms with Crippen LogP contribution in [0.1, 0.15) is 5.56 Å². The average molecular weight is 234 g/mol. The summed E-state index contributed by atoms with van der Waals surface area (Å²) in [5.41, 5.74) is 3.29. The molecule has 0 radical (unpaired) electrons. The summed E-state index contributed by atoms with van der Waals surface area (Å²) >= 11 is 0. The first kappa shape index (κ1) is 11.0. The molecule has 8 nitrogen and oxygen atoms in total. The number of pyridine rings is 1. The smallest absolute Gasteiger partial charge is 0.358 e. The molecule has 0 bridgehead atoms. The minimum atomic E-state index is -0.540. The summed E-state index contributed by atoms with van der Waals surface area (Å²) in [5, 5.41) is 10.5. The van der Waals surface area contributed by atoms with Gasteiger partial charge in [0.2, 0.25) is 6.33 Å². The van der Waals surface area contributed by atoms with Crippen LogP contribution in [0.4, 0.5) is 11.6 Å². The van der Waals surface area contributed by atoms with Crippen molar-refractivity contribution in [2.45, 2.75) is 6.54 Å². The van der Waals surface area contributed by atoms with Crippen molar-refractivity contribution in [1.29, 1.82) is 0 Å². The monoisotopic (exact) mass is 234 g/mol. The average Bonchev–Trinajstić information content (AvgIpc) is 2.78. The Balaban J connectivity index is 2.22. The van der Waals surface area contributed by atoms with Gasteiger partial charge in [-0.3, -0.25) is 0 Å². The normalized spacial score (nSPS) is 10.2. The van der Waals surface area contributed by atoms with E-state index in [9.17, 15) is 10.1 Å². The molecule has 8 heteroatoms. The Hall–Kier alpha value is -2.48. The van der Waals surface area contributed by atoms with Gasteiger partial charge in [0, 0.05) is 11.8 Å². The largest absolute Gasteiger partial charge is 0.381 e. The zero-order chi connectivity index (χ0) is 12.3. The molecule has 2 aromatic rings. The molecule has 2 rings (SSSR count). The predicted molar refractivity (Wildman–Crippen MR) is 60.0 cm³/mol. The van der Waals surface area contributed by atoms with Crippen molar-refractivity contribution in [2.24, 2.45) is 5.84 Å². The third-order valence-electron chi connectivity index (χ3n) is 2.19. The first-order chi connectivity index (χ1) is 8.20. The van der Waals surface area contributed by atoms with E-state index < -0.39 is 4.92 Å². The van der Waals surface area contributed by atoms with Crippen molar-refractivity contribution >= 4 is 11.6 Å². The van der Waals surface area contributed by atoms with Gasteiger partial charge in [-0.05, 0) is 16.0 Å². The Kier molecular flexibility index (Phi) is 2.97. The third-order valence-corrected chi connectivity index (χ3v) is 2.19. The van der Waals surface area contributed by atoms with Crippen LogP contribution < -0.4 is 11.3 Å². The van der Waals surface area contributed by atoms with E-state index in [2.05, 4.69) is 15.4 Å². The summed E-state index contributed by atoms with van der Waals surface area (Å²) in [4.78, 5) is 17.6. The van der Waals surface area contributed by atoms with Crippen LogP contribution in [-0.4, -0.2) is 19.5 Å². The molecule has 3 N–H and O–H groups in total. The number of hydrazine groups is 1. The molecule has 0 aromatic carbocycles. The SMILES string of the molecule is NNc1ncccc1Cn1cnc([N+](=O)[O-])c1. The second-order valence-corrected chi connectivity index (χ2v) is 3.32. The molecule has 2 heterocycles. The maximum absolute atomic E-state index is 10.5. The Bertz CT molecular complexity index is 538. The number of nitrogen functional groups attached to an aromatic ring is 1. The molecule has 0 fully saturated rings. The van der Waals surface area contributed by atoms with Crippen LogP contribution in [-0.2, 0) is 6.54 Å².